The minimum absolute atomic E-state index is 0.453. The van der Waals surface area contributed by atoms with E-state index in [0.29, 0.717) is 22.0 Å². The molecule has 0 aliphatic rings. The standard InChI is InChI=1S/C20H25Cl2N.C3H8/c1-14(2)18-9-6-17(7-10-18)13-23-15(3)4-5-16-8-11-19(21)20(22)12-16;1-3-2/h6-12,14-15,23H,4-5,13H2,1-3H3;3H2,1-2H3. The molecule has 3 heteroatoms. The van der Waals surface area contributed by atoms with Crippen molar-refractivity contribution >= 4 is 23.2 Å². The second-order valence-electron chi connectivity index (χ2n) is 7.17. The Morgan fingerprint density at radius 1 is 0.846 bits per heavy atom. The molecule has 0 aromatic heterocycles. The van der Waals surface area contributed by atoms with Crippen LogP contribution in [0.2, 0.25) is 10.0 Å². The number of nitrogens with one attached hydrogen (secondary N) is 1. The summed E-state index contributed by atoms with van der Waals surface area (Å²) in [4.78, 5) is 0. The molecule has 2 rings (SSSR count). The summed E-state index contributed by atoms with van der Waals surface area (Å²) in [7, 11) is 0. The van der Waals surface area contributed by atoms with Crippen LogP contribution in [0, 0.1) is 0 Å². The third-order valence-electron chi connectivity index (χ3n) is 4.15. The van der Waals surface area contributed by atoms with Gasteiger partial charge in [0.15, 0.2) is 0 Å². The molecule has 2 aromatic carbocycles. The zero-order chi connectivity index (χ0) is 19.5. The van der Waals surface area contributed by atoms with E-state index in [1.807, 2.05) is 18.2 Å². The van der Waals surface area contributed by atoms with E-state index >= 15 is 0 Å². The van der Waals surface area contributed by atoms with Gasteiger partial charge in [-0.1, -0.05) is 87.6 Å². The smallest absolute Gasteiger partial charge is 0.0595 e. The van der Waals surface area contributed by atoms with Crippen LogP contribution in [0.4, 0.5) is 0 Å². The number of hydrogen-bond donors (Lipinski definition) is 1. The first-order valence-electron chi connectivity index (χ1n) is 9.63. The van der Waals surface area contributed by atoms with Gasteiger partial charge in [0.25, 0.3) is 0 Å². The van der Waals surface area contributed by atoms with Crippen LogP contribution in [-0.4, -0.2) is 6.04 Å². The largest absolute Gasteiger partial charge is 0.310 e. The van der Waals surface area contributed by atoms with E-state index in [-0.39, 0.29) is 0 Å². The lowest BCUT2D eigenvalue weighted by molar-refractivity contribution is 0.514. The Labute approximate surface area is 170 Å². The third-order valence-corrected chi connectivity index (χ3v) is 4.89. The molecule has 1 nitrogen and oxygen atoms in total. The molecule has 1 unspecified atom stereocenters. The van der Waals surface area contributed by atoms with Gasteiger partial charge in [-0.15, -0.1) is 0 Å². The summed E-state index contributed by atoms with van der Waals surface area (Å²) in [5, 5.41) is 4.84. The molecule has 1 atom stereocenters. The molecular weight excluding hydrogens is 361 g/mol. The molecular formula is C23H33Cl2N. The van der Waals surface area contributed by atoms with Gasteiger partial charge >= 0.3 is 0 Å². The van der Waals surface area contributed by atoms with E-state index in [9.17, 15) is 0 Å². The van der Waals surface area contributed by atoms with E-state index in [0.717, 1.165) is 19.4 Å². The highest BCUT2D eigenvalue weighted by molar-refractivity contribution is 6.42. The minimum Gasteiger partial charge on any atom is -0.310 e. The van der Waals surface area contributed by atoms with Crippen molar-refractivity contribution in [3.63, 3.8) is 0 Å². The number of rotatable bonds is 7. The topological polar surface area (TPSA) is 12.0 Å². The van der Waals surface area contributed by atoms with Crippen molar-refractivity contribution in [2.24, 2.45) is 0 Å². The number of benzene rings is 2. The maximum atomic E-state index is 6.06. The van der Waals surface area contributed by atoms with Crippen LogP contribution in [0.3, 0.4) is 0 Å². The van der Waals surface area contributed by atoms with Crippen LogP contribution in [0.1, 0.15) is 70.1 Å². The zero-order valence-corrected chi connectivity index (χ0v) is 18.3. The molecule has 0 heterocycles. The summed E-state index contributed by atoms with van der Waals surface area (Å²) in [5.41, 5.74) is 3.95. The van der Waals surface area contributed by atoms with Gasteiger partial charge in [0.1, 0.15) is 0 Å². The molecule has 0 saturated heterocycles. The summed E-state index contributed by atoms with van der Waals surface area (Å²) >= 11 is 12.0. The second kappa shape index (κ2) is 12.4. The maximum Gasteiger partial charge on any atom is 0.0595 e. The molecule has 1 N–H and O–H groups in total. The van der Waals surface area contributed by atoms with Crippen LogP contribution < -0.4 is 5.32 Å². The Morgan fingerprint density at radius 2 is 1.42 bits per heavy atom. The van der Waals surface area contributed by atoms with Crippen molar-refractivity contribution in [1.29, 1.82) is 0 Å². The van der Waals surface area contributed by atoms with Crippen molar-refractivity contribution in [2.75, 3.05) is 0 Å². The van der Waals surface area contributed by atoms with Crippen molar-refractivity contribution in [3.8, 4) is 0 Å². The van der Waals surface area contributed by atoms with Gasteiger partial charge in [-0.25, -0.2) is 0 Å². The van der Waals surface area contributed by atoms with Gasteiger partial charge in [-0.05, 0) is 54.5 Å². The van der Waals surface area contributed by atoms with Crippen LogP contribution in [0.25, 0.3) is 0 Å². The molecule has 0 amide bonds. The van der Waals surface area contributed by atoms with Crippen LogP contribution >= 0.6 is 23.2 Å². The first-order chi connectivity index (χ1) is 12.4. The van der Waals surface area contributed by atoms with Gasteiger partial charge in [0.2, 0.25) is 0 Å². The van der Waals surface area contributed by atoms with Gasteiger partial charge in [-0.2, -0.15) is 0 Å². The van der Waals surface area contributed by atoms with Gasteiger partial charge in [0.05, 0.1) is 10.0 Å². The summed E-state index contributed by atoms with van der Waals surface area (Å²) in [6.07, 6.45) is 3.32. The summed E-state index contributed by atoms with van der Waals surface area (Å²) in [6, 6.07) is 15.2. The van der Waals surface area contributed by atoms with Crippen molar-refractivity contribution in [3.05, 3.63) is 69.2 Å². The molecule has 0 aliphatic carbocycles. The minimum atomic E-state index is 0.453. The molecule has 0 saturated carbocycles. The molecule has 0 aliphatic heterocycles. The molecule has 26 heavy (non-hydrogen) atoms. The van der Waals surface area contributed by atoms with Crippen molar-refractivity contribution < 1.29 is 0 Å². The highest BCUT2D eigenvalue weighted by atomic mass is 35.5. The highest BCUT2D eigenvalue weighted by Crippen LogP contribution is 2.23. The fraction of sp³-hybridized carbons (Fsp3) is 0.478. The maximum absolute atomic E-state index is 6.06. The molecule has 0 fully saturated rings. The Morgan fingerprint density at radius 3 is 1.96 bits per heavy atom. The molecule has 0 bridgehead atoms. The SMILES string of the molecule is CC(CCc1ccc(Cl)c(Cl)c1)NCc1ccc(C(C)C)cc1.CCC. The lowest BCUT2D eigenvalue weighted by atomic mass is 10.0. The zero-order valence-electron chi connectivity index (χ0n) is 16.8. The fourth-order valence-electron chi connectivity index (χ4n) is 2.49. The number of halogens is 2. The lowest BCUT2D eigenvalue weighted by Gasteiger charge is -2.15. The second-order valence-corrected chi connectivity index (χ2v) is 7.99. The van der Waals surface area contributed by atoms with Crippen LogP contribution in [0.5, 0.6) is 0 Å². The Hall–Kier alpha value is -1.02. The molecule has 2 aromatic rings. The fourth-order valence-corrected chi connectivity index (χ4v) is 2.81. The highest BCUT2D eigenvalue weighted by Gasteiger charge is 2.05. The molecule has 144 valence electrons. The average molecular weight is 394 g/mol. The van der Waals surface area contributed by atoms with E-state index in [1.165, 1.54) is 23.1 Å². The van der Waals surface area contributed by atoms with Crippen molar-refractivity contribution in [2.45, 2.75) is 72.4 Å². The Kier molecular flexibility index (Phi) is 11.0. The predicted molar refractivity (Wildman–Crippen MR) is 118 cm³/mol. The van der Waals surface area contributed by atoms with Crippen LogP contribution in [-0.2, 0) is 13.0 Å². The number of hydrogen-bond acceptors (Lipinski definition) is 1. The van der Waals surface area contributed by atoms with E-state index in [2.05, 4.69) is 64.2 Å². The van der Waals surface area contributed by atoms with E-state index in [4.69, 9.17) is 23.2 Å². The predicted octanol–water partition coefficient (Wildman–Crippen LogP) is 7.64. The van der Waals surface area contributed by atoms with Gasteiger partial charge in [-0.3, -0.25) is 0 Å². The molecule has 0 spiro atoms. The first kappa shape index (κ1) is 23.0. The summed E-state index contributed by atoms with van der Waals surface area (Å²) < 4.78 is 0. The van der Waals surface area contributed by atoms with Gasteiger partial charge in [0, 0.05) is 12.6 Å². The van der Waals surface area contributed by atoms with E-state index in [1.54, 1.807) is 0 Å². The third kappa shape index (κ3) is 8.58. The lowest BCUT2D eigenvalue weighted by Crippen LogP contribution is -2.25. The number of aryl methyl sites for hydroxylation is 1. The monoisotopic (exact) mass is 393 g/mol. The van der Waals surface area contributed by atoms with Gasteiger partial charge < -0.3 is 5.32 Å². The van der Waals surface area contributed by atoms with Crippen molar-refractivity contribution in [1.82, 2.24) is 5.32 Å². The Balaban J connectivity index is 0.00000105. The first-order valence-corrected chi connectivity index (χ1v) is 10.4. The molecule has 0 radical (unpaired) electrons. The summed E-state index contributed by atoms with van der Waals surface area (Å²) in [5.74, 6) is 0.585. The summed E-state index contributed by atoms with van der Waals surface area (Å²) in [6.45, 7) is 11.8. The van der Waals surface area contributed by atoms with Crippen LogP contribution in [0.15, 0.2) is 42.5 Å². The Bertz CT molecular complexity index is 635. The quantitative estimate of drug-likeness (QED) is 0.509. The normalized spacial score (nSPS) is 11.8. The van der Waals surface area contributed by atoms with E-state index < -0.39 is 0 Å². The average Bonchev–Trinajstić information content (AvgIpc) is 2.62.